The Balaban J connectivity index is 2.69. The third kappa shape index (κ3) is 3.12. The summed E-state index contributed by atoms with van der Waals surface area (Å²) in [5, 5.41) is 2.50. The number of primary amides is 1. The van der Waals surface area contributed by atoms with Crippen LogP contribution in [0.2, 0.25) is 0 Å². The van der Waals surface area contributed by atoms with Crippen molar-refractivity contribution < 1.29 is 9.59 Å². The summed E-state index contributed by atoms with van der Waals surface area (Å²) < 4.78 is 0. The first-order valence-electron chi connectivity index (χ1n) is 4.16. The normalized spacial score (nSPS) is 9.00. The minimum atomic E-state index is -0.519. The van der Waals surface area contributed by atoms with Crippen LogP contribution in [0.3, 0.4) is 0 Å². The van der Waals surface area contributed by atoms with Crippen LogP contribution in [0.5, 0.6) is 0 Å². The Morgan fingerprint density at radius 1 is 1.33 bits per heavy atom. The summed E-state index contributed by atoms with van der Waals surface area (Å²) in [5.41, 5.74) is 5.96. The van der Waals surface area contributed by atoms with Crippen LogP contribution in [-0.4, -0.2) is 18.4 Å². The van der Waals surface area contributed by atoms with E-state index in [4.69, 9.17) is 12.3 Å². The van der Waals surface area contributed by atoms with Gasteiger partial charge in [0, 0.05) is 11.3 Å². The molecule has 0 spiro atoms. The minimum Gasteiger partial charge on any atom is -0.366 e. The summed E-state index contributed by atoms with van der Waals surface area (Å²) >= 11 is 0. The molecule has 0 radical (unpaired) electrons. The summed E-state index contributed by atoms with van der Waals surface area (Å²) in [5.74, 6) is -0.897. The van der Waals surface area contributed by atoms with Gasteiger partial charge < -0.3 is 15.9 Å². The maximum atomic E-state index is 11.0. The lowest BCUT2D eigenvalue weighted by Crippen LogP contribution is -2.14. The highest BCUT2D eigenvalue weighted by molar-refractivity contribution is 5.95. The summed E-state index contributed by atoms with van der Waals surface area (Å²) in [6.07, 6.45) is 0. The molecule has 5 nitrogen and oxygen atoms in total. The van der Waals surface area contributed by atoms with Crippen molar-refractivity contribution in [1.82, 2.24) is 0 Å². The van der Waals surface area contributed by atoms with Gasteiger partial charge in [0.1, 0.15) is 0 Å². The van der Waals surface area contributed by atoms with Gasteiger partial charge in [-0.05, 0) is 24.3 Å². The first-order valence-corrected chi connectivity index (χ1v) is 4.16. The van der Waals surface area contributed by atoms with Gasteiger partial charge in [-0.25, -0.2) is 6.57 Å². The molecule has 15 heavy (non-hydrogen) atoms. The van der Waals surface area contributed by atoms with E-state index in [0.29, 0.717) is 11.3 Å². The van der Waals surface area contributed by atoms with E-state index in [1.807, 2.05) is 0 Å². The number of carbonyl (C=O) groups excluding carboxylic acids is 2. The van der Waals surface area contributed by atoms with Gasteiger partial charge in [0.25, 0.3) is 6.54 Å². The van der Waals surface area contributed by atoms with Crippen LogP contribution >= 0.6 is 0 Å². The standard InChI is InChI=1S/C10H9N3O2/c1-12-6-9(14)13-8-4-2-7(3-5-8)10(11)15/h2-5H,6H2,(H2,11,15)(H,13,14). The van der Waals surface area contributed by atoms with Crippen molar-refractivity contribution in [2.75, 3.05) is 11.9 Å². The van der Waals surface area contributed by atoms with Crippen LogP contribution in [0.25, 0.3) is 4.85 Å². The monoisotopic (exact) mass is 203 g/mol. The molecule has 0 aliphatic carbocycles. The average Bonchev–Trinajstić information content (AvgIpc) is 2.18. The average molecular weight is 203 g/mol. The van der Waals surface area contributed by atoms with Crippen LogP contribution in [0.15, 0.2) is 24.3 Å². The zero-order valence-corrected chi connectivity index (χ0v) is 7.86. The number of anilines is 1. The number of nitrogens with zero attached hydrogens (tertiary/aromatic N) is 1. The van der Waals surface area contributed by atoms with Crippen molar-refractivity contribution in [2.24, 2.45) is 5.73 Å². The molecule has 1 aromatic carbocycles. The topological polar surface area (TPSA) is 76.6 Å². The predicted molar refractivity (Wildman–Crippen MR) is 55.1 cm³/mol. The molecule has 0 aliphatic rings. The Morgan fingerprint density at radius 3 is 2.40 bits per heavy atom. The fourth-order valence-electron chi connectivity index (χ4n) is 0.990. The maximum absolute atomic E-state index is 11.0. The molecule has 1 aromatic rings. The zero-order valence-electron chi connectivity index (χ0n) is 7.86. The summed E-state index contributed by atoms with van der Waals surface area (Å²) in [6, 6.07) is 6.13. The minimum absolute atomic E-state index is 0.211. The molecular formula is C10H9N3O2. The van der Waals surface area contributed by atoms with Crippen molar-refractivity contribution in [3.8, 4) is 0 Å². The predicted octanol–water partition coefficient (Wildman–Crippen LogP) is 0.643. The quantitative estimate of drug-likeness (QED) is 0.707. The molecule has 0 atom stereocenters. The van der Waals surface area contributed by atoms with Crippen LogP contribution in [0.1, 0.15) is 10.4 Å². The van der Waals surface area contributed by atoms with Gasteiger partial charge in [-0.3, -0.25) is 9.59 Å². The lowest BCUT2D eigenvalue weighted by atomic mass is 10.2. The van der Waals surface area contributed by atoms with E-state index in [2.05, 4.69) is 10.2 Å². The molecule has 1 rings (SSSR count). The van der Waals surface area contributed by atoms with E-state index in [0.717, 1.165) is 0 Å². The number of nitrogens with one attached hydrogen (secondary N) is 1. The summed E-state index contributed by atoms with van der Waals surface area (Å²) in [4.78, 5) is 24.7. The number of hydrogen-bond donors (Lipinski definition) is 2. The largest absolute Gasteiger partial charge is 0.366 e. The molecule has 3 N–H and O–H groups in total. The van der Waals surface area contributed by atoms with Gasteiger partial charge in [0.05, 0.1) is 0 Å². The smallest absolute Gasteiger partial charge is 0.304 e. The van der Waals surface area contributed by atoms with Gasteiger partial charge in [0.15, 0.2) is 0 Å². The van der Waals surface area contributed by atoms with E-state index in [1.54, 1.807) is 12.1 Å². The van der Waals surface area contributed by atoms with Crippen LogP contribution in [0.4, 0.5) is 5.69 Å². The van der Waals surface area contributed by atoms with Crippen molar-refractivity contribution in [2.45, 2.75) is 0 Å². The molecule has 0 fully saturated rings. The van der Waals surface area contributed by atoms with Crippen molar-refractivity contribution in [3.05, 3.63) is 41.2 Å². The van der Waals surface area contributed by atoms with E-state index in [-0.39, 0.29) is 12.5 Å². The fraction of sp³-hybridized carbons (Fsp3) is 0.100. The Kier molecular flexibility index (Phi) is 3.41. The molecule has 0 aromatic heterocycles. The third-order valence-corrected chi connectivity index (χ3v) is 1.68. The number of nitrogens with two attached hydrogens (primary N) is 1. The van der Waals surface area contributed by atoms with Gasteiger partial charge in [-0.15, -0.1) is 0 Å². The number of benzene rings is 1. The molecule has 5 heteroatoms. The Labute approximate surface area is 86.7 Å². The van der Waals surface area contributed by atoms with Crippen molar-refractivity contribution in [3.63, 3.8) is 0 Å². The lowest BCUT2D eigenvalue weighted by Gasteiger charge is -2.01. The Morgan fingerprint density at radius 2 is 1.93 bits per heavy atom. The Bertz CT molecular complexity index is 417. The van der Waals surface area contributed by atoms with Crippen LogP contribution < -0.4 is 11.1 Å². The van der Waals surface area contributed by atoms with Gasteiger partial charge >= 0.3 is 5.91 Å². The molecule has 0 heterocycles. The lowest BCUT2D eigenvalue weighted by molar-refractivity contribution is -0.114. The number of amides is 2. The second-order valence-corrected chi connectivity index (χ2v) is 2.81. The molecule has 0 unspecified atom stereocenters. The van der Waals surface area contributed by atoms with Gasteiger partial charge in [0.2, 0.25) is 5.91 Å². The highest BCUT2D eigenvalue weighted by Crippen LogP contribution is 2.08. The second-order valence-electron chi connectivity index (χ2n) is 2.81. The first kappa shape index (κ1) is 10.7. The van der Waals surface area contributed by atoms with E-state index in [1.165, 1.54) is 12.1 Å². The molecule has 2 amide bonds. The van der Waals surface area contributed by atoms with Crippen LogP contribution in [-0.2, 0) is 4.79 Å². The SMILES string of the molecule is [C-]#[N+]CC(=O)Nc1ccc(C(N)=O)cc1. The molecule has 0 saturated carbocycles. The van der Waals surface area contributed by atoms with E-state index < -0.39 is 5.91 Å². The highest BCUT2D eigenvalue weighted by atomic mass is 16.2. The third-order valence-electron chi connectivity index (χ3n) is 1.68. The van der Waals surface area contributed by atoms with Crippen molar-refractivity contribution in [1.29, 1.82) is 0 Å². The molecule has 0 saturated heterocycles. The first-order chi connectivity index (χ1) is 7.13. The van der Waals surface area contributed by atoms with E-state index in [9.17, 15) is 9.59 Å². The van der Waals surface area contributed by atoms with Gasteiger partial charge in [-0.2, -0.15) is 0 Å². The van der Waals surface area contributed by atoms with Gasteiger partial charge in [-0.1, -0.05) is 0 Å². The number of hydrogen-bond acceptors (Lipinski definition) is 2. The number of rotatable bonds is 3. The van der Waals surface area contributed by atoms with E-state index >= 15 is 0 Å². The summed E-state index contributed by atoms with van der Waals surface area (Å²) in [7, 11) is 0. The highest BCUT2D eigenvalue weighted by Gasteiger charge is 2.04. The van der Waals surface area contributed by atoms with Crippen LogP contribution in [0, 0.1) is 6.57 Å². The molecule has 76 valence electrons. The summed E-state index contributed by atoms with van der Waals surface area (Å²) in [6.45, 7) is 6.28. The molecule has 0 aliphatic heterocycles. The zero-order chi connectivity index (χ0) is 11.3. The van der Waals surface area contributed by atoms with Crippen molar-refractivity contribution >= 4 is 17.5 Å². The molecule has 0 bridgehead atoms. The maximum Gasteiger partial charge on any atom is 0.304 e. The Hall–Kier alpha value is -2.35. The number of carbonyl (C=O) groups is 2. The second kappa shape index (κ2) is 4.77. The fourth-order valence-corrected chi connectivity index (χ4v) is 0.990. The molecular weight excluding hydrogens is 194 g/mol.